The third-order valence-corrected chi connectivity index (χ3v) is 4.13. The molecule has 0 radical (unpaired) electrons. The zero-order valence-corrected chi connectivity index (χ0v) is 13.4. The van der Waals surface area contributed by atoms with Crippen LogP contribution in [0.15, 0.2) is 33.5 Å². The SMILES string of the molecule is NC(=O)C1CCCCN1C(=O)Cn1nc(-c2ccc(F)cc2)oc1=O. The van der Waals surface area contributed by atoms with Gasteiger partial charge in [0.15, 0.2) is 0 Å². The number of nitrogens with two attached hydrogens (primary N) is 1. The summed E-state index contributed by atoms with van der Waals surface area (Å²) in [6.07, 6.45) is 2.09. The zero-order valence-electron chi connectivity index (χ0n) is 13.4. The highest BCUT2D eigenvalue weighted by Crippen LogP contribution is 2.18. The number of rotatable bonds is 4. The first-order valence-corrected chi connectivity index (χ1v) is 7.88. The van der Waals surface area contributed by atoms with Crippen LogP contribution in [-0.4, -0.2) is 39.1 Å². The van der Waals surface area contributed by atoms with E-state index in [4.69, 9.17) is 10.2 Å². The average molecular weight is 348 g/mol. The number of hydrogen-bond acceptors (Lipinski definition) is 5. The topological polar surface area (TPSA) is 111 Å². The van der Waals surface area contributed by atoms with Crippen molar-refractivity contribution in [1.82, 2.24) is 14.7 Å². The minimum atomic E-state index is -0.805. The Hall–Kier alpha value is -2.97. The van der Waals surface area contributed by atoms with Gasteiger partial charge in [-0.2, -0.15) is 4.68 Å². The molecule has 1 aliphatic rings. The molecule has 1 aromatic carbocycles. The van der Waals surface area contributed by atoms with Crippen molar-refractivity contribution < 1.29 is 18.4 Å². The third kappa shape index (κ3) is 3.59. The molecule has 1 atom stereocenters. The molecule has 1 aromatic heterocycles. The Morgan fingerprint density at radius 3 is 2.68 bits per heavy atom. The second-order valence-electron chi connectivity index (χ2n) is 5.84. The van der Waals surface area contributed by atoms with Crippen LogP contribution >= 0.6 is 0 Å². The van der Waals surface area contributed by atoms with Gasteiger partial charge < -0.3 is 15.1 Å². The molecule has 8 nitrogen and oxygen atoms in total. The second kappa shape index (κ2) is 6.88. The Morgan fingerprint density at radius 2 is 2.00 bits per heavy atom. The molecule has 132 valence electrons. The summed E-state index contributed by atoms with van der Waals surface area (Å²) in [5.74, 6) is -2.23. The molecule has 0 saturated carbocycles. The molecule has 1 fully saturated rings. The van der Waals surface area contributed by atoms with Gasteiger partial charge in [-0.1, -0.05) is 0 Å². The predicted molar refractivity (Wildman–Crippen MR) is 84.7 cm³/mol. The van der Waals surface area contributed by atoms with E-state index < -0.39 is 29.4 Å². The summed E-state index contributed by atoms with van der Waals surface area (Å²) >= 11 is 0. The number of hydrogen-bond donors (Lipinski definition) is 1. The summed E-state index contributed by atoms with van der Waals surface area (Å²) in [6.45, 7) is 0.0527. The fourth-order valence-corrected chi connectivity index (χ4v) is 2.86. The van der Waals surface area contributed by atoms with Gasteiger partial charge in [0.25, 0.3) is 0 Å². The van der Waals surface area contributed by atoms with Gasteiger partial charge in [0.1, 0.15) is 18.4 Å². The van der Waals surface area contributed by atoms with E-state index in [1.807, 2.05) is 0 Å². The van der Waals surface area contributed by atoms with Crippen LogP contribution in [0, 0.1) is 5.82 Å². The smallest absolute Gasteiger partial charge is 0.388 e. The minimum Gasteiger partial charge on any atom is -0.388 e. The molecule has 2 heterocycles. The quantitative estimate of drug-likeness (QED) is 0.865. The number of nitrogens with zero attached hydrogens (tertiary/aromatic N) is 3. The van der Waals surface area contributed by atoms with Crippen molar-refractivity contribution in [3.63, 3.8) is 0 Å². The number of halogens is 1. The molecule has 1 unspecified atom stereocenters. The summed E-state index contributed by atoms with van der Waals surface area (Å²) in [7, 11) is 0. The standard InChI is InChI=1S/C16H17FN4O4/c17-11-6-4-10(5-7-11)15-19-21(16(24)25-15)9-13(22)20-8-2-1-3-12(20)14(18)23/h4-7,12H,1-3,8-9H2,(H2,18,23). The van der Waals surface area contributed by atoms with Crippen LogP contribution in [0.4, 0.5) is 4.39 Å². The molecule has 0 spiro atoms. The van der Waals surface area contributed by atoms with Crippen LogP contribution < -0.4 is 11.5 Å². The van der Waals surface area contributed by atoms with Crippen LogP contribution in [0.1, 0.15) is 19.3 Å². The van der Waals surface area contributed by atoms with Crippen molar-refractivity contribution in [3.8, 4) is 11.5 Å². The van der Waals surface area contributed by atoms with E-state index in [0.29, 0.717) is 18.5 Å². The lowest BCUT2D eigenvalue weighted by Crippen LogP contribution is -2.51. The predicted octanol–water partition coefficient (Wildman–Crippen LogP) is 0.509. The van der Waals surface area contributed by atoms with Gasteiger partial charge in [-0.3, -0.25) is 9.59 Å². The Morgan fingerprint density at radius 1 is 1.28 bits per heavy atom. The van der Waals surface area contributed by atoms with Crippen molar-refractivity contribution in [1.29, 1.82) is 0 Å². The van der Waals surface area contributed by atoms with Crippen LogP contribution in [-0.2, 0) is 16.1 Å². The summed E-state index contributed by atoms with van der Waals surface area (Å²) in [5, 5.41) is 3.97. The fraction of sp³-hybridized carbons (Fsp3) is 0.375. The maximum atomic E-state index is 13.0. The van der Waals surface area contributed by atoms with Crippen molar-refractivity contribution in [3.05, 3.63) is 40.6 Å². The highest BCUT2D eigenvalue weighted by Gasteiger charge is 2.31. The number of amides is 2. The van der Waals surface area contributed by atoms with E-state index >= 15 is 0 Å². The summed E-state index contributed by atoms with van der Waals surface area (Å²) in [4.78, 5) is 37.2. The largest absolute Gasteiger partial charge is 0.437 e. The molecule has 9 heteroatoms. The van der Waals surface area contributed by atoms with Crippen molar-refractivity contribution in [2.24, 2.45) is 5.73 Å². The molecule has 2 N–H and O–H groups in total. The molecule has 0 bridgehead atoms. The Labute approximate surface area is 142 Å². The molecule has 0 aliphatic carbocycles. The summed E-state index contributed by atoms with van der Waals surface area (Å²) in [6, 6.07) is 4.59. The minimum absolute atomic E-state index is 0.0112. The van der Waals surface area contributed by atoms with E-state index in [0.717, 1.165) is 17.5 Å². The van der Waals surface area contributed by atoms with Crippen LogP contribution in [0.5, 0.6) is 0 Å². The lowest BCUT2D eigenvalue weighted by molar-refractivity contribution is -0.141. The van der Waals surface area contributed by atoms with Gasteiger partial charge in [0.2, 0.25) is 17.7 Å². The first kappa shape index (κ1) is 16.9. The fourth-order valence-electron chi connectivity index (χ4n) is 2.86. The molecule has 1 aliphatic heterocycles. The highest BCUT2D eigenvalue weighted by atomic mass is 19.1. The Balaban J connectivity index is 1.78. The van der Waals surface area contributed by atoms with E-state index in [1.165, 1.54) is 29.2 Å². The lowest BCUT2D eigenvalue weighted by Gasteiger charge is -2.33. The molecule has 2 aromatic rings. The first-order chi connectivity index (χ1) is 12.0. The van der Waals surface area contributed by atoms with Gasteiger partial charge in [0, 0.05) is 12.1 Å². The van der Waals surface area contributed by atoms with Crippen molar-refractivity contribution in [2.45, 2.75) is 31.8 Å². The van der Waals surface area contributed by atoms with E-state index in [9.17, 15) is 18.8 Å². The van der Waals surface area contributed by atoms with E-state index in [2.05, 4.69) is 5.10 Å². The molecule has 2 amide bonds. The van der Waals surface area contributed by atoms with E-state index in [-0.39, 0.29) is 12.4 Å². The number of aromatic nitrogens is 2. The van der Waals surface area contributed by atoms with Crippen molar-refractivity contribution in [2.75, 3.05) is 6.54 Å². The number of benzene rings is 1. The molecular formula is C16H17FN4O4. The van der Waals surface area contributed by atoms with Gasteiger partial charge in [0.05, 0.1) is 0 Å². The maximum absolute atomic E-state index is 13.0. The molecule has 1 saturated heterocycles. The number of likely N-dealkylation sites (tertiary alicyclic amines) is 1. The van der Waals surface area contributed by atoms with Crippen LogP contribution in [0.25, 0.3) is 11.5 Å². The maximum Gasteiger partial charge on any atom is 0.437 e. The molecule has 3 rings (SSSR count). The highest BCUT2D eigenvalue weighted by molar-refractivity contribution is 5.86. The Bertz CT molecular complexity index is 843. The number of carbonyl (C=O) groups excluding carboxylic acids is 2. The summed E-state index contributed by atoms with van der Waals surface area (Å²) < 4.78 is 18.9. The van der Waals surface area contributed by atoms with Gasteiger partial charge in [-0.25, -0.2) is 9.18 Å². The number of piperidine rings is 1. The average Bonchev–Trinajstić information content (AvgIpc) is 2.96. The zero-order chi connectivity index (χ0) is 18.0. The van der Waals surface area contributed by atoms with Crippen LogP contribution in [0.2, 0.25) is 0 Å². The van der Waals surface area contributed by atoms with Crippen LogP contribution in [0.3, 0.4) is 0 Å². The molecule has 25 heavy (non-hydrogen) atoms. The summed E-state index contributed by atoms with van der Waals surface area (Å²) in [5.41, 5.74) is 5.76. The van der Waals surface area contributed by atoms with Gasteiger partial charge >= 0.3 is 5.76 Å². The number of carbonyl (C=O) groups is 2. The van der Waals surface area contributed by atoms with Crippen molar-refractivity contribution >= 4 is 11.8 Å². The molecular weight excluding hydrogens is 331 g/mol. The lowest BCUT2D eigenvalue weighted by atomic mass is 10.0. The normalized spacial score (nSPS) is 17.5. The monoisotopic (exact) mass is 348 g/mol. The van der Waals surface area contributed by atoms with Gasteiger partial charge in [-0.15, -0.1) is 5.10 Å². The van der Waals surface area contributed by atoms with Gasteiger partial charge in [-0.05, 0) is 43.5 Å². The third-order valence-electron chi connectivity index (χ3n) is 4.13. The number of primary amides is 1. The first-order valence-electron chi connectivity index (χ1n) is 7.88. The second-order valence-corrected chi connectivity index (χ2v) is 5.84. The Kier molecular flexibility index (Phi) is 4.64. The van der Waals surface area contributed by atoms with E-state index in [1.54, 1.807) is 0 Å².